The molecular weight excluding hydrogens is 436 g/mol. The summed E-state index contributed by atoms with van der Waals surface area (Å²) in [5, 5.41) is 0.762. The quantitative estimate of drug-likeness (QED) is 0.525. The van der Waals surface area contributed by atoms with Crippen molar-refractivity contribution >= 4 is 44.8 Å². The van der Waals surface area contributed by atoms with Crippen LogP contribution in [0.2, 0.25) is 0 Å². The average Bonchev–Trinajstić information content (AvgIpc) is 2.97. The zero-order valence-corrected chi connectivity index (χ0v) is 18.6. The van der Waals surface area contributed by atoms with Gasteiger partial charge in [0.05, 0.1) is 4.91 Å². The molecule has 0 aromatic heterocycles. The molecule has 0 spiro atoms. The van der Waals surface area contributed by atoms with Crippen molar-refractivity contribution in [2.75, 3.05) is 13.1 Å². The minimum atomic E-state index is -0.0100. The van der Waals surface area contributed by atoms with Crippen LogP contribution >= 0.6 is 27.7 Å². The molecule has 28 heavy (non-hydrogen) atoms. The number of benzene rings is 2. The van der Waals surface area contributed by atoms with Crippen LogP contribution in [0.15, 0.2) is 56.8 Å². The summed E-state index contributed by atoms with van der Waals surface area (Å²) in [5.41, 5.74) is 3.19. The average molecular weight is 459 g/mol. The molecule has 1 aliphatic heterocycles. The van der Waals surface area contributed by atoms with Crippen LogP contribution < -0.4 is 4.74 Å². The molecule has 146 valence electrons. The molecule has 0 aliphatic carbocycles. The van der Waals surface area contributed by atoms with Crippen molar-refractivity contribution in [3.8, 4) is 5.75 Å². The first-order chi connectivity index (χ1) is 13.5. The van der Waals surface area contributed by atoms with Crippen LogP contribution in [-0.2, 0) is 11.4 Å². The molecule has 2 aromatic rings. The standard InChI is InChI=1S/C22H23BrN2O2S/c1-4-24-22-25(5-2)21(26)20(28-22)13-17-12-18(23)10-11-19(17)27-14-16-8-6-15(3)7-9-16/h6-13H,4-5,14H2,1-3H3/b20-13+,24-22?. The fraction of sp³-hybridized carbons (Fsp3) is 0.273. The van der Waals surface area contributed by atoms with Gasteiger partial charge in [0.15, 0.2) is 5.17 Å². The Labute approximate surface area is 178 Å². The van der Waals surface area contributed by atoms with Crippen LogP contribution in [0, 0.1) is 6.92 Å². The van der Waals surface area contributed by atoms with E-state index in [-0.39, 0.29) is 5.91 Å². The van der Waals surface area contributed by atoms with E-state index in [4.69, 9.17) is 4.74 Å². The smallest absolute Gasteiger partial charge is 0.266 e. The molecule has 1 saturated heterocycles. The molecule has 0 N–H and O–H groups in total. The number of amidine groups is 1. The summed E-state index contributed by atoms with van der Waals surface area (Å²) in [5.74, 6) is 0.734. The number of aliphatic imine (C=N–C) groups is 1. The molecule has 1 heterocycles. The number of nitrogens with zero attached hydrogens (tertiary/aromatic N) is 2. The van der Waals surface area contributed by atoms with Crippen LogP contribution in [0.1, 0.15) is 30.5 Å². The van der Waals surface area contributed by atoms with E-state index < -0.39 is 0 Å². The van der Waals surface area contributed by atoms with Gasteiger partial charge in [-0.25, -0.2) is 0 Å². The Kier molecular flexibility index (Phi) is 6.97. The molecule has 0 radical (unpaired) electrons. The zero-order chi connectivity index (χ0) is 20.1. The number of hydrogen-bond donors (Lipinski definition) is 0. The van der Waals surface area contributed by atoms with E-state index >= 15 is 0 Å². The van der Waals surface area contributed by atoms with Crippen LogP contribution in [-0.4, -0.2) is 29.1 Å². The van der Waals surface area contributed by atoms with Crippen molar-refractivity contribution in [2.45, 2.75) is 27.4 Å². The molecule has 6 heteroatoms. The fourth-order valence-corrected chi connectivity index (χ4v) is 4.26. The van der Waals surface area contributed by atoms with E-state index in [9.17, 15) is 4.79 Å². The SMILES string of the molecule is CCN=C1S/C(=C/c2cc(Br)ccc2OCc2ccc(C)cc2)C(=O)N1CC. The lowest BCUT2D eigenvalue weighted by atomic mass is 10.1. The van der Waals surface area contributed by atoms with Crippen molar-refractivity contribution in [1.82, 2.24) is 4.90 Å². The van der Waals surface area contributed by atoms with Gasteiger partial charge in [-0.05, 0) is 62.4 Å². The Morgan fingerprint density at radius 2 is 1.93 bits per heavy atom. The number of carbonyl (C=O) groups is 1. The summed E-state index contributed by atoms with van der Waals surface area (Å²) in [6.45, 7) is 7.73. The molecule has 0 atom stereocenters. The van der Waals surface area contributed by atoms with E-state index in [1.165, 1.54) is 17.3 Å². The van der Waals surface area contributed by atoms with Crippen molar-refractivity contribution in [3.05, 3.63) is 68.5 Å². The maximum absolute atomic E-state index is 12.7. The minimum absolute atomic E-state index is 0.0100. The van der Waals surface area contributed by atoms with Gasteiger partial charge in [0.2, 0.25) is 0 Å². The van der Waals surface area contributed by atoms with Crippen LogP contribution in [0.5, 0.6) is 5.75 Å². The van der Waals surface area contributed by atoms with E-state index in [0.717, 1.165) is 26.5 Å². The van der Waals surface area contributed by atoms with Crippen molar-refractivity contribution in [3.63, 3.8) is 0 Å². The Morgan fingerprint density at radius 1 is 1.18 bits per heavy atom. The summed E-state index contributed by atoms with van der Waals surface area (Å²) in [6, 6.07) is 14.1. The predicted molar refractivity (Wildman–Crippen MR) is 121 cm³/mol. The second-order valence-electron chi connectivity index (χ2n) is 6.37. The zero-order valence-electron chi connectivity index (χ0n) is 16.2. The van der Waals surface area contributed by atoms with Gasteiger partial charge < -0.3 is 4.74 Å². The lowest BCUT2D eigenvalue weighted by molar-refractivity contribution is -0.122. The summed E-state index contributed by atoms with van der Waals surface area (Å²) >= 11 is 4.93. The lowest BCUT2D eigenvalue weighted by Gasteiger charge is -2.12. The molecular formula is C22H23BrN2O2S. The van der Waals surface area contributed by atoms with Crippen molar-refractivity contribution in [2.24, 2.45) is 4.99 Å². The summed E-state index contributed by atoms with van der Waals surface area (Å²) in [4.78, 5) is 19.6. The Balaban J connectivity index is 1.86. The number of carbonyl (C=O) groups excluding carboxylic acids is 1. The maximum atomic E-state index is 12.7. The van der Waals surface area contributed by atoms with E-state index in [1.807, 2.05) is 38.1 Å². The molecule has 1 fully saturated rings. The third-order valence-electron chi connectivity index (χ3n) is 4.27. The van der Waals surface area contributed by atoms with Crippen LogP contribution in [0.3, 0.4) is 0 Å². The Morgan fingerprint density at radius 3 is 2.61 bits per heavy atom. The summed E-state index contributed by atoms with van der Waals surface area (Å²) in [6.07, 6.45) is 1.89. The summed E-state index contributed by atoms with van der Waals surface area (Å²) in [7, 11) is 0. The van der Waals surface area contributed by atoms with Crippen molar-refractivity contribution < 1.29 is 9.53 Å². The summed E-state index contributed by atoms with van der Waals surface area (Å²) < 4.78 is 7.00. The molecule has 0 unspecified atom stereocenters. The number of likely N-dealkylation sites (N-methyl/N-ethyl adjacent to an activating group) is 1. The third-order valence-corrected chi connectivity index (χ3v) is 5.81. The first-order valence-electron chi connectivity index (χ1n) is 9.25. The molecule has 3 rings (SSSR count). The largest absolute Gasteiger partial charge is 0.488 e. The first kappa shape index (κ1) is 20.7. The number of hydrogen-bond acceptors (Lipinski definition) is 4. The number of ether oxygens (including phenoxy) is 1. The lowest BCUT2D eigenvalue weighted by Crippen LogP contribution is -2.28. The second kappa shape index (κ2) is 9.43. The van der Waals surface area contributed by atoms with Gasteiger partial charge in [0.25, 0.3) is 5.91 Å². The third kappa shape index (κ3) is 4.86. The van der Waals surface area contributed by atoms with Gasteiger partial charge >= 0.3 is 0 Å². The number of rotatable bonds is 6. The van der Waals surface area contributed by atoms with Gasteiger partial charge in [-0.1, -0.05) is 45.8 Å². The highest BCUT2D eigenvalue weighted by molar-refractivity contribution is 9.10. The van der Waals surface area contributed by atoms with Crippen molar-refractivity contribution in [1.29, 1.82) is 0 Å². The highest BCUT2D eigenvalue weighted by atomic mass is 79.9. The highest BCUT2D eigenvalue weighted by Gasteiger charge is 2.32. The van der Waals surface area contributed by atoms with E-state index in [2.05, 4.69) is 52.1 Å². The molecule has 4 nitrogen and oxygen atoms in total. The van der Waals surface area contributed by atoms with Gasteiger partial charge in [-0.3, -0.25) is 14.7 Å². The topological polar surface area (TPSA) is 41.9 Å². The second-order valence-corrected chi connectivity index (χ2v) is 8.30. The van der Waals surface area contributed by atoms with E-state index in [1.54, 1.807) is 4.90 Å². The molecule has 0 bridgehead atoms. The molecule has 1 amide bonds. The predicted octanol–water partition coefficient (Wildman–Crippen LogP) is 5.65. The van der Waals surface area contributed by atoms with Gasteiger partial charge in [0.1, 0.15) is 12.4 Å². The highest BCUT2D eigenvalue weighted by Crippen LogP contribution is 2.35. The number of amides is 1. The van der Waals surface area contributed by atoms with E-state index in [0.29, 0.717) is 24.6 Å². The van der Waals surface area contributed by atoms with Gasteiger partial charge in [-0.15, -0.1) is 0 Å². The fourth-order valence-electron chi connectivity index (χ4n) is 2.79. The number of aryl methyl sites for hydroxylation is 1. The normalized spacial score (nSPS) is 17.0. The van der Waals surface area contributed by atoms with Crippen LogP contribution in [0.25, 0.3) is 6.08 Å². The molecule has 1 aliphatic rings. The monoisotopic (exact) mass is 458 g/mol. The van der Waals surface area contributed by atoms with Crippen LogP contribution in [0.4, 0.5) is 0 Å². The molecule has 0 saturated carbocycles. The number of halogens is 1. The Bertz CT molecular complexity index is 923. The van der Waals surface area contributed by atoms with Gasteiger partial charge in [-0.2, -0.15) is 0 Å². The number of thioether (sulfide) groups is 1. The maximum Gasteiger partial charge on any atom is 0.266 e. The first-order valence-corrected chi connectivity index (χ1v) is 10.9. The Hall–Kier alpha value is -2.05. The van der Waals surface area contributed by atoms with Gasteiger partial charge in [0, 0.05) is 23.1 Å². The molecule has 2 aromatic carbocycles. The minimum Gasteiger partial charge on any atom is -0.488 e.